The second kappa shape index (κ2) is 6.09. The van der Waals surface area contributed by atoms with E-state index in [1.165, 1.54) is 0 Å². The topological polar surface area (TPSA) is 51.1 Å². The van der Waals surface area contributed by atoms with Gasteiger partial charge in [0.2, 0.25) is 0 Å². The van der Waals surface area contributed by atoms with Gasteiger partial charge >= 0.3 is 0 Å². The average Bonchev–Trinajstić information content (AvgIpc) is 2.73. The van der Waals surface area contributed by atoms with Crippen LogP contribution in [0.1, 0.15) is 46.4 Å². The fraction of sp³-hybridized carbons (Fsp3) is 0.714. The SMILES string of the molecule is CCNC(C)c1cccn1CCS(=O)(=O)C(C)(C)C. The van der Waals surface area contributed by atoms with E-state index in [1.807, 2.05) is 22.9 Å². The van der Waals surface area contributed by atoms with Crippen molar-refractivity contribution in [3.63, 3.8) is 0 Å². The van der Waals surface area contributed by atoms with Crippen molar-refractivity contribution in [2.75, 3.05) is 12.3 Å². The van der Waals surface area contributed by atoms with Crippen LogP contribution in [0.15, 0.2) is 18.3 Å². The van der Waals surface area contributed by atoms with Gasteiger partial charge in [-0.3, -0.25) is 0 Å². The van der Waals surface area contributed by atoms with Crippen LogP contribution in [0.25, 0.3) is 0 Å². The van der Waals surface area contributed by atoms with Gasteiger partial charge in [0.25, 0.3) is 0 Å². The summed E-state index contributed by atoms with van der Waals surface area (Å²) < 4.78 is 25.6. The zero-order valence-corrected chi connectivity index (χ0v) is 13.4. The number of rotatable bonds is 6. The van der Waals surface area contributed by atoms with E-state index in [0.717, 1.165) is 12.2 Å². The highest BCUT2D eigenvalue weighted by molar-refractivity contribution is 7.92. The Morgan fingerprint density at radius 3 is 2.53 bits per heavy atom. The fourth-order valence-electron chi connectivity index (χ4n) is 1.96. The maximum atomic E-state index is 12.1. The lowest BCUT2D eigenvalue weighted by atomic mass is 10.2. The Morgan fingerprint density at radius 1 is 1.37 bits per heavy atom. The normalized spacial score (nSPS) is 14.6. The third kappa shape index (κ3) is 4.08. The summed E-state index contributed by atoms with van der Waals surface area (Å²) in [5, 5.41) is 3.35. The summed E-state index contributed by atoms with van der Waals surface area (Å²) in [6.45, 7) is 10.8. The molecule has 0 radical (unpaired) electrons. The van der Waals surface area contributed by atoms with Crippen molar-refractivity contribution in [1.82, 2.24) is 9.88 Å². The molecule has 0 saturated carbocycles. The molecule has 110 valence electrons. The van der Waals surface area contributed by atoms with Crippen LogP contribution >= 0.6 is 0 Å². The summed E-state index contributed by atoms with van der Waals surface area (Å²) in [5.41, 5.74) is 1.13. The minimum Gasteiger partial charge on any atom is -0.349 e. The zero-order chi connectivity index (χ0) is 14.7. The van der Waals surface area contributed by atoms with Crippen molar-refractivity contribution in [3.8, 4) is 0 Å². The third-order valence-corrected chi connectivity index (χ3v) is 5.94. The van der Waals surface area contributed by atoms with Gasteiger partial charge in [0, 0.05) is 24.5 Å². The molecule has 1 unspecified atom stereocenters. The van der Waals surface area contributed by atoms with Crippen LogP contribution < -0.4 is 5.32 Å². The van der Waals surface area contributed by atoms with Crippen LogP contribution in [-0.4, -0.2) is 30.0 Å². The van der Waals surface area contributed by atoms with E-state index in [-0.39, 0.29) is 11.8 Å². The summed E-state index contributed by atoms with van der Waals surface area (Å²) in [6, 6.07) is 4.24. The second-order valence-electron chi connectivity index (χ2n) is 5.84. The molecule has 0 aromatic carbocycles. The van der Waals surface area contributed by atoms with Crippen molar-refractivity contribution >= 4 is 9.84 Å². The van der Waals surface area contributed by atoms with E-state index in [4.69, 9.17) is 0 Å². The van der Waals surface area contributed by atoms with E-state index in [1.54, 1.807) is 20.8 Å². The highest BCUT2D eigenvalue weighted by Crippen LogP contribution is 2.18. The Balaban J connectivity index is 2.78. The number of nitrogens with zero attached hydrogens (tertiary/aromatic N) is 1. The lowest BCUT2D eigenvalue weighted by Gasteiger charge is -2.21. The number of aryl methyl sites for hydroxylation is 1. The van der Waals surface area contributed by atoms with Crippen LogP contribution in [0.2, 0.25) is 0 Å². The largest absolute Gasteiger partial charge is 0.349 e. The minimum absolute atomic E-state index is 0.178. The molecule has 0 spiro atoms. The molecule has 0 saturated heterocycles. The maximum Gasteiger partial charge on any atom is 0.156 e. The summed E-state index contributed by atoms with van der Waals surface area (Å²) >= 11 is 0. The smallest absolute Gasteiger partial charge is 0.156 e. The van der Waals surface area contributed by atoms with Crippen molar-refractivity contribution in [1.29, 1.82) is 0 Å². The van der Waals surface area contributed by atoms with E-state index in [0.29, 0.717) is 6.54 Å². The Labute approximate surface area is 117 Å². The van der Waals surface area contributed by atoms with Gasteiger partial charge < -0.3 is 9.88 Å². The number of nitrogens with one attached hydrogen (secondary N) is 1. The number of hydrogen-bond donors (Lipinski definition) is 1. The zero-order valence-electron chi connectivity index (χ0n) is 12.6. The first-order valence-electron chi connectivity index (χ1n) is 6.79. The molecule has 0 amide bonds. The van der Waals surface area contributed by atoms with Crippen LogP contribution in [0.3, 0.4) is 0 Å². The van der Waals surface area contributed by atoms with Gasteiger partial charge in [-0.25, -0.2) is 8.42 Å². The molecule has 0 aliphatic heterocycles. The summed E-state index contributed by atoms with van der Waals surface area (Å²) in [6.07, 6.45) is 1.95. The van der Waals surface area contributed by atoms with Crippen molar-refractivity contribution in [2.24, 2.45) is 0 Å². The van der Waals surface area contributed by atoms with Gasteiger partial charge in [0.1, 0.15) is 0 Å². The van der Waals surface area contributed by atoms with Crippen LogP contribution in [0, 0.1) is 0 Å². The van der Waals surface area contributed by atoms with Gasteiger partial charge in [-0.15, -0.1) is 0 Å². The Hall–Kier alpha value is -0.810. The molecule has 1 atom stereocenters. The van der Waals surface area contributed by atoms with Gasteiger partial charge in [-0.1, -0.05) is 6.92 Å². The number of sulfone groups is 1. The fourth-order valence-corrected chi connectivity index (χ4v) is 3.01. The molecule has 1 heterocycles. The maximum absolute atomic E-state index is 12.1. The molecule has 4 nitrogen and oxygen atoms in total. The molecule has 1 aromatic heterocycles. The van der Waals surface area contributed by atoms with Crippen LogP contribution in [0.4, 0.5) is 0 Å². The van der Waals surface area contributed by atoms with Crippen LogP contribution in [0.5, 0.6) is 0 Å². The van der Waals surface area contributed by atoms with Crippen molar-refractivity contribution in [2.45, 2.75) is 52.0 Å². The highest BCUT2D eigenvalue weighted by Gasteiger charge is 2.28. The minimum atomic E-state index is -3.07. The molecule has 1 rings (SSSR count). The lowest BCUT2D eigenvalue weighted by Crippen LogP contribution is -2.32. The number of aromatic nitrogens is 1. The average molecular weight is 286 g/mol. The molecule has 1 aromatic rings. The number of hydrogen-bond acceptors (Lipinski definition) is 3. The van der Waals surface area contributed by atoms with Crippen LogP contribution in [-0.2, 0) is 16.4 Å². The second-order valence-corrected chi connectivity index (χ2v) is 8.70. The molecule has 0 aliphatic carbocycles. The molecule has 0 fully saturated rings. The van der Waals surface area contributed by atoms with E-state index >= 15 is 0 Å². The summed E-state index contributed by atoms with van der Waals surface area (Å²) in [5.74, 6) is 0.178. The molecule has 5 heteroatoms. The van der Waals surface area contributed by atoms with Gasteiger partial charge in [0.05, 0.1) is 10.5 Å². The molecule has 0 bridgehead atoms. The molecule has 1 N–H and O–H groups in total. The monoisotopic (exact) mass is 286 g/mol. The van der Waals surface area contributed by atoms with Crippen molar-refractivity contribution in [3.05, 3.63) is 24.0 Å². The molecular formula is C14H26N2O2S. The molecule has 19 heavy (non-hydrogen) atoms. The first-order valence-corrected chi connectivity index (χ1v) is 8.45. The first-order chi connectivity index (χ1) is 8.69. The first kappa shape index (κ1) is 16.2. The molecular weight excluding hydrogens is 260 g/mol. The summed E-state index contributed by atoms with van der Waals surface area (Å²) in [4.78, 5) is 0. The van der Waals surface area contributed by atoms with Gasteiger partial charge in [-0.2, -0.15) is 0 Å². The Morgan fingerprint density at radius 2 is 2.00 bits per heavy atom. The van der Waals surface area contributed by atoms with E-state index in [9.17, 15) is 8.42 Å². The van der Waals surface area contributed by atoms with Gasteiger partial charge in [-0.05, 0) is 46.4 Å². The highest BCUT2D eigenvalue weighted by atomic mass is 32.2. The van der Waals surface area contributed by atoms with Crippen molar-refractivity contribution < 1.29 is 8.42 Å². The summed E-state index contributed by atoms with van der Waals surface area (Å²) in [7, 11) is -3.07. The predicted octanol–water partition coefficient (Wildman–Crippen LogP) is 2.37. The Kier molecular flexibility index (Phi) is 5.21. The predicted molar refractivity (Wildman–Crippen MR) is 80.1 cm³/mol. The standard InChI is InChI=1S/C14H26N2O2S/c1-6-15-12(2)13-8-7-9-16(13)10-11-19(17,18)14(3,4)5/h7-9,12,15H,6,10-11H2,1-5H3. The Bertz CT molecular complexity index is 498. The third-order valence-electron chi connectivity index (χ3n) is 3.35. The molecule has 0 aliphatic rings. The quantitative estimate of drug-likeness (QED) is 0.873. The lowest BCUT2D eigenvalue weighted by molar-refractivity contribution is 0.534. The van der Waals surface area contributed by atoms with E-state index < -0.39 is 14.6 Å². The van der Waals surface area contributed by atoms with E-state index in [2.05, 4.69) is 19.2 Å². The van der Waals surface area contributed by atoms with Gasteiger partial charge in [0.15, 0.2) is 9.84 Å².